The quantitative estimate of drug-likeness (QED) is 0.427. The number of nitrogens with zero attached hydrogens (tertiary/aromatic N) is 3. The fourth-order valence-corrected chi connectivity index (χ4v) is 3.98. The van der Waals surface area contributed by atoms with Gasteiger partial charge in [0, 0.05) is 50.8 Å². The van der Waals surface area contributed by atoms with E-state index in [1.165, 1.54) is 43.9 Å². The van der Waals surface area contributed by atoms with Gasteiger partial charge in [0.25, 0.3) is 5.69 Å². The number of carbonyl (C=O) groups excluding carboxylic acids is 2. The van der Waals surface area contributed by atoms with E-state index in [0.29, 0.717) is 44.1 Å². The van der Waals surface area contributed by atoms with Gasteiger partial charge in [-0.15, -0.1) is 0 Å². The summed E-state index contributed by atoms with van der Waals surface area (Å²) in [5, 5.41) is 10.8. The van der Waals surface area contributed by atoms with Crippen LogP contribution in [0, 0.1) is 16.0 Å². The molecule has 0 spiro atoms. The van der Waals surface area contributed by atoms with E-state index in [0.717, 1.165) is 6.42 Å². The molecule has 7 heteroatoms. The van der Waals surface area contributed by atoms with Crippen LogP contribution in [0.25, 0.3) is 6.08 Å². The maximum absolute atomic E-state index is 12.4. The third kappa shape index (κ3) is 5.41. The van der Waals surface area contributed by atoms with E-state index in [2.05, 4.69) is 0 Å². The van der Waals surface area contributed by atoms with Crippen LogP contribution in [-0.2, 0) is 9.59 Å². The molecule has 7 nitrogen and oxygen atoms in total. The Hall–Kier alpha value is -2.70. The second-order valence-corrected chi connectivity index (χ2v) is 7.58. The Balaban J connectivity index is 1.44. The number of piperazine rings is 1. The smallest absolute Gasteiger partial charge is 0.270 e. The molecule has 2 fully saturated rings. The normalized spacial score (nSPS) is 18.0. The van der Waals surface area contributed by atoms with Crippen molar-refractivity contribution in [2.45, 2.75) is 38.5 Å². The van der Waals surface area contributed by atoms with Crippen molar-refractivity contribution in [3.05, 3.63) is 46.0 Å². The molecule has 0 aromatic heterocycles. The van der Waals surface area contributed by atoms with Crippen molar-refractivity contribution in [1.82, 2.24) is 9.80 Å². The standard InChI is InChI=1S/C21H27N3O4/c25-20(10-8-17-4-1-2-5-17)22-12-14-23(15-13-22)21(26)11-9-18-6-3-7-19(16-18)24(27)28/h3,6-7,9,11,16-17H,1-2,4-5,8,10,12-15H2. The average molecular weight is 385 g/mol. The Kier molecular flexibility index (Phi) is 6.79. The number of hydrogen-bond acceptors (Lipinski definition) is 4. The number of rotatable bonds is 6. The highest BCUT2D eigenvalue weighted by atomic mass is 16.6. The maximum atomic E-state index is 12.4. The van der Waals surface area contributed by atoms with Crippen molar-refractivity contribution >= 4 is 23.6 Å². The fourth-order valence-electron chi connectivity index (χ4n) is 3.98. The molecular formula is C21H27N3O4. The first-order chi connectivity index (χ1) is 13.5. The molecule has 1 aliphatic carbocycles. The third-order valence-corrected chi connectivity index (χ3v) is 5.68. The van der Waals surface area contributed by atoms with Gasteiger partial charge >= 0.3 is 0 Å². The fraction of sp³-hybridized carbons (Fsp3) is 0.524. The van der Waals surface area contributed by atoms with Crippen LogP contribution in [0.1, 0.15) is 44.1 Å². The van der Waals surface area contributed by atoms with Crippen LogP contribution in [0.5, 0.6) is 0 Å². The van der Waals surface area contributed by atoms with E-state index in [4.69, 9.17) is 0 Å². The van der Waals surface area contributed by atoms with Gasteiger partial charge in [0.15, 0.2) is 0 Å². The lowest BCUT2D eigenvalue weighted by Gasteiger charge is -2.34. The first kappa shape index (κ1) is 20.0. The minimum atomic E-state index is -0.456. The molecule has 0 radical (unpaired) electrons. The zero-order valence-corrected chi connectivity index (χ0v) is 16.1. The molecule has 1 saturated heterocycles. The van der Waals surface area contributed by atoms with Gasteiger partial charge in [-0.3, -0.25) is 19.7 Å². The highest BCUT2D eigenvalue weighted by Gasteiger charge is 2.24. The molecule has 0 N–H and O–H groups in total. The van der Waals surface area contributed by atoms with Crippen molar-refractivity contribution in [3.8, 4) is 0 Å². The van der Waals surface area contributed by atoms with Crippen molar-refractivity contribution in [2.24, 2.45) is 5.92 Å². The van der Waals surface area contributed by atoms with Crippen LogP contribution in [0.2, 0.25) is 0 Å². The highest BCUT2D eigenvalue weighted by molar-refractivity contribution is 5.92. The summed E-state index contributed by atoms with van der Waals surface area (Å²) in [7, 11) is 0. The number of carbonyl (C=O) groups is 2. The molecule has 150 valence electrons. The highest BCUT2D eigenvalue weighted by Crippen LogP contribution is 2.28. The van der Waals surface area contributed by atoms with Crippen molar-refractivity contribution in [1.29, 1.82) is 0 Å². The lowest BCUT2D eigenvalue weighted by molar-refractivity contribution is -0.384. The molecule has 1 aromatic rings. The Labute approximate surface area is 165 Å². The SMILES string of the molecule is O=C(C=Cc1cccc([N+](=O)[O-])c1)N1CCN(C(=O)CCC2CCCC2)CC1. The summed E-state index contributed by atoms with van der Waals surface area (Å²) in [5.74, 6) is 0.779. The molecule has 0 atom stereocenters. The van der Waals surface area contributed by atoms with Gasteiger partial charge in [-0.1, -0.05) is 37.8 Å². The van der Waals surface area contributed by atoms with E-state index in [1.807, 2.05) is 4.90 Å². The van der Waals surface area contributed by atoms with E-state index >= 15 is 0 Å². The minimum Gasteiger partial charge on any atom is -0.339 e. The average Bonchev–Trinajstić information content (AvgIpc) is 3.24. The monoisotopic (exact) mass is 385 g/mol. The second kappa shape index (κ2) is 9.48. The molecule has 28 heavy (non-hydrogen) atoms. The molecule has 0 bridgehead atoms. The first-order valence-electron chi connectivity index (χ1n) is 10.0. The molecule has 2 aliphatic rings. The van der Waals surface area contributed by atoms with E-state index in [1.54, 1.807) is 23.1 Å². The van der Waals surface area contributed by atoms with Crippen molar-refractivity contribution in [3.63, 3.8) is 0 Å². The summed E-state index contributed by atoms with van der Waals surface area (Å²) in [6, 6.07) is 6.17. The topological polar surface area (TPSA) is 83.8 Å². The molecule has 1 saturated carbocycles. The van der Waals surface area contributed by atoms with Gasteiger partial charge < -0.3 is 9.80 Å². The Bertz CT molecular complexity index is 748. The summed E-state index contributed by atoms with van der Waals surface area (Å²) in [6.45, 7) is 2.18. The largest absolute Gasteiger partial charge is 0.339 e. The predicted octanol–water partition coefficient (Wildman–Crippen LogP) is 3.25. The number of nitro benzene ring substituents is 1. The Morgan fingerprint density at radius 2 is 1.79 bits per heavy atom. The van der Waals surface area contributed by atoms with E-state index < -0.39 is 4.92 Å². The lowest BCUT2D eigenvalue weighted by atomic mass is 10.0. The second-order valence-electron chi connectivity index (χ2n) is 7.58. The summed E-state index contributed by atoms with van der Waals surface area (Å²) in [5.41, 5.74) is 0.614. The predicted molar refractivity (Wildman–Crippen MR) is 106 cm³/mol. The zero-order chi connectivity index (χ0) is 19.9. The number of benzene rings is 1. The van der Waals surface area contributed by atoms with Gasteiger partial charge in [-0.2, -0.15) is 0 Å². The zero-order valence-electron chi connectivity index (χ0n) is 16.1. The van der Waals surface area contributed by atoms with Gasteiger partial charge in [-0.25, -0.2) is 0 Å². The molecule has 3 rings (SSSR count). The minimum absolute atomic E-state index is 0.000621. The van der Waals surface area contributed by atoms with Crippen molar-refractivity contribution in [2.75, 3.05) is 26.2 Å². The molecule has 2 amide bonds. The number of hydrogen-bond donors (Lipinski definition) is 0. The summed E-state index contributed by atoms with van der Waals surface area (Å²) in [6.07, 6.45) is 9.74. The number of non-ortho nitro benzene ring substituents is 1. The third-order valence-electron chi connectivity index (χ3n) is 5.68. The van der Waals surface area contributed by atoms with Gasteiger partial charge in [0.05, 0.1) is 4.92 Å². The number of nitro groups is 1. The van der Waals surface area contributed by atoms with Gasteiger partial charge in [0.1, 0.15) is 0 Å². The van der Waals surface area contributed by atoms with Crippen LogP contribution in [0.15, 0.2) is 30.3 Å². The van der Waals surface area contributed by atoms with Crippen LogP contribution in [0.3, 0.4) is 0 Å². The van der Waals surface area contributed by atoms with Crippen LogP contribution < -0.4 is 0 Å². The van der Waals surface area contributed by atoms with Crippen LogP contribution in [-0.4, -0.2) is 52.7 Å². The number of amides is 2. The summed E-state index contributed by atoms with van der Waals surface area (Å²) >= 11 is 0. The molecular weight excluding hydrogens is 358 g/mol. The summed E-state index contributed by atoms with van der Waals surface area (Å²) < 4.78 is 0. The van der Waals surface area contributed by atoms with E-state index in [-0.39, 0.29) is 17.5 Å². The summed E-state index contributed by atoms with van der Waals surface area (Å²) in [4.78, 5) is 38.7. The Morgan fingerprint density at radius 1 is 1.11 bits per heavy atom. The lowest BCUT2D eigenvalue weighted by Crippen LogP contribution is -2.50. The van der Waals surface area contributed by atoms with Gasteiger partial charge in [0.2, 0.25) is 11.8 Å². The van der Waals surface area contributed by atoms with Gasteiger partial charge in [-0.05, 0) is 24.0 Å². The van der Waals surface area contributed by atoms with Crippen molar-refractivity contribution < 1.29 is 14.5 Å². The van der Waals surface area contributed by atoms with Crippen LogP contribution >= 0.6 is 0 Å². The Morgan fingerprint density at radius 3 is 2.46 bits per heavy atom. The molecule has 0 unspecified atom stereocenters. The molecule has 1 heterocycles. The molecule has 1 aliphatic heterocycles. The van der Waals surface area contributed by atoms with E-state index in [9.17, 15) is 19.7 Å². The van der Waals surface area contributed by atoms with Crippen LogP contribution in [0.4, 0.5) is 5.69 Å². The first-order valence-corrected chi connectivity index (χ1v) is 10.0. The maximum Gasteiger partial charge on any atom is 0.270 e. The molecule has 1 aromatic carbocycles.